The molecule has 0 spiro atoms. The number of aliphatic carboxylic acids is 1. The van der Waals surface area contributed by atoms with Gasteiger partial charge in [-0.1, -0.05) is 12.2 Å². The van der Waals surface area contributed by atoms with E-state index in [0.29, 0.717) is 12.5 Å². The molecule has 0 aromatic rings. The summed E-state index contributed by atoms with van der Waals surface area (Å²) in [4.78, 5) is 23.4. The van der Waals surface area contributed by atoms with E-state index in [1.54, 1.807) is 7.05 Å². The van der Waals surface area contributed by atoms with Crippen molar-refractivity contribution in [2.24, 2.45) is 5.92 Å². The van der Waals surface area contributed by atoms with E-state index in [1.165, 1.54) is 4.90 Å². The number of hydrogen-bond donors (Lipinski definition) is 2. The van der Waals surface area contributed by atoms with Crippen LogP contribution in [0.2, 0.25) is 0 Å². The van der Waals surface area contributed by atoms with Gasteiger partial charge in [0.05, 0.1) is 6.42 Å². The Morgan fingerprint density at radius 3 is 2.82 bits per heavy atom. The van der Waals surface area contributed by atoms with E-state index in [-0.39, 0.29) is 19.0 Å². The Labute approximate surface area is 101 Å². The van der Waals surface area contributed by atoms with Gasteiger partial charge >= 0.3 is 12.0 Å². The van der Waals surface area contributed by atoms with Crippen LogP contribution in [0.4, 0.5) is 4.79 Å². The highest BCUT2D eigenvalue weighted by atomic mass is 16.4. The Hall–Kier alpha value is -1.52. The van der Waals surface area contributed by atoms with Gasteiger partial charge in [-0.15, -0.1) is 0 Å². The van der Waals surface area contributed by atoms with Crippen LogP contribution in [0, 0.1) is 5.92 Å². The van der Waals surface area contributed by atoms with Crippen molar-refractivity contribution in [1.29, 1.82) is 0 Å². The number of rotatable bonds is 5. The molecule has 0 bridgehead atoms. The molecule has 1 rings (SSSR count). The average Bonchev–Trinajstić information content (AvgIpc) is 2.34. The quantitative estimate of drug-likeness (QED) is 0.715. The number of carboxylic acid groups (broad SMARTS) is 1. The van der Waals surface area contributed by atoms with Gasteiger partial charge in [0, 0.05) is 20.1 Å². The van der Waals surface area contributed by atoms with Crippen LogP contribution in [0.5, 0.6) is 0 Å². The number of carbonyl (C=O) groups is 2. The minimum atomic E-state index is -0.887. The van der Waals surface area contributed by atoms with Crippen LogP contribution in [0.3, 0.4) is 0 Å². The molecule has 1 aliphatic rings. The highest BCUT2D eigenvalue weighted by Gasteiger charge is 2.13. The molecule has 96 valence electrons. The first-order valence-corrected chi connectivity index (χ1v) is 5.95. The van der Waals surface area contributed by atoms with Crippen molar-refractivity contribution >= 4 is 12.0 Å². The Kier molecular flexibility index (Phi) is 5.52. The molecule has 1 aliphatic carbocycles. The smallest absolute Gasteiger partial charge is 0.317 e. The van der Waals surface area contributed by atoms with Crippen LogP contribution in [-0.2, 0) is 4.79 Å². The molecule has 0 heterocycles. The lowest BCUT2D eigenvalue weighted by molar-refractivity contribution is -0.137. The molecule has 0 radical (unpaired) electrons. The van der Waals surface area contributed by atoms with Crippen molar-refractivity contribution in [2.45, 2.75) is 25.7 Å². The molecule has 5 heteroatoms. The van der Waals surface area contributed by atoms with E-state index < -0.39 is 5.97 Å². The van der Waals surface area contributed by atoms with Crippen molar-refractivity contribution in [3.63, 3.8) is 0 Å². The molecule has 0 fully saturated rings. The molecule has 5 nitrogen and oxygen atoms in total. The summed E-state index contributed by atoms with van der Waals surface area (Å²) in [6.07, 6.45) is 7.49. The number of nitrogens with zero attached hydrogens (tertiary/aromatic N) is 1. The van der Waals surface area contributed by atoms with Crippen molar-refractivity contribution < 1.29 is 14.7 Å². The number of hydrogen-bond acceptors (Lipinski definition) is 2. The topological polar surface area (TPSA) is 69.6 Å². The van der Waals surface area contributed by atoms with Crippen molar-refractivity contribution in [3.05, 3.63) is 12.2 Å². The first-order valence-electron chi connectivity index (χ1n) is 5.95. The van der Waals surface area contributed by atoms with E-state index in [2.05, 4.69) is 17.5 Å². The molecular formula is C12H20N2O3. The fourth-order valence-corrected chi connectivity index (χ4v) is 1.77. The van der Waals surface area contributed by atoms with Crippen molar-refractivity contribution in [3.8, 4) is 0 Å². The summed E-state index contributed by atoms with van der Waals surface area (Å²) in [5.41, 5.74) is 0. The monoisotopic (exact) mass is 240 g/mol. The van der Waals surface area contributed by atoms with E-state index >= 15 is 0 Å². The minimum absolute atomic E-state index is 0.0178. The maximum atomic E-state index is 11.6. The second-order valence-corrected chi connectivity index (χ2v) is 4.40. The fourth-order valence-electron chi connectivity index (χ4n) is 1.77. The highest BCUT2D eigenvalue weighted by molar-refractivity contribution is 5.74. The maximum absolute atomic E-state index is 11.6. The van der Waals surface area contributed by atoms with Crippen molar-refractivity contribution in [1.82, 2.24) is 10.2 Å². The van der Waals surface area contributed by atoms with Gasteiger partial charge in [-0.2, -0.15) is 0 Å². The zero-order valence-electron chi connectivity index (χ0n) is 10.2. The third kappa shape index (κ3) is 5.38. The summed E-state index contributed by atoms with van der Waals surface area (Å²) >= 11 is 0. The molecule has 2 amide bonds. The summed E-state index contributed by atoms with van der Waals surface area (Å²) < 4.78 is 0. The van der Waals surface area contributed by atoms with E-state index in [9.17, 15) is 9.59 Å². The van der Waals surface area contributed by atoms with Gasteiger partial charge in [0.2, 0.25) is 0 Å². The molecule has 0 saturated carbocycles. The van der Waals surface area contributed by atoms with Crippen LogP contribution in [0.1, 0.15) is 25.7 Å². The van der Waals surface area contributed by atoms with Gasteiger partial charge in [-0.05, 0) is 25.2 Å². The second kappa shape index (κ2) is 6.93. The SMILES string of the molecule is CN(CCC(=O)O)C(=O)NCC1CC=CCC1. The van der Waals surface area contributed by atoms with Gasteiger partial charge in [0.25, 0.3) is 0 Å². The third-order valence-electron chi connectivity index (χ3n) is 2.93. The molecule has 1 atom stereocenters. The number of carbonyl (C=O) groups excluding carboxylic acids is 1. The zero-order valence-corrected chi connectivity index (χ0v) is 10.2. The number of allylic oxidation sites excluding steroid dienone is 2. The summed E-state index contributed by atoms with van der Waals surface area (Å²) in [5, 5.41) is 11.3. The minimum Gasteiger partial charge on any atom is -0.481 e. The maximum Gasteiger partial charge on any atom is 0.317 e. The Bertz CT molecular complexity index is 302. The van der Waals surface area contributed by atoms with Crippen LogP contribution < -0.4 is 5.32 Å². The fraction of sp³-hybridized carbons (Fsp3) is 0.667. The summed E-state index contributed by atoms with van der Waals surface area (Å²) in [6.45, 7) is 0.909. The first-order chi connectivity index (χ1) is 8.09. The van der Waals surface area contributed by atoms with Gasteiger partial charge in [0.15, 0.2) is 0 Å². The number of urea groups is 1. The highest BCUT2D eigenvalue weighted by Crippen LogP contribution is 2.16. The lowest BCUT2D eigenvalue weighted by Crippen LogP contribution is -2.40. The standard InChI is InChI=1S/C12H20N2O3/c1-14(8-7-11(15)16)12(17)13-9-10-5-3-2-4-6-10/h2-3,10H,4-9H2,1H3,(H,13,17)(H,15,16). The average molecular weight is 240 g/mol. The predicted molar refractivity (Wildman–Crippen MR) is 64.8 cm³/mol. The van der Waals surface area contributed by atoms with Crippen LogP contribution in [0.15, 0.2) is 12.2 Å². The van der Waals surface area contributed by atoms with E-state index in [4.69, 9.17) is 5.11 Å². The predicted octanol–water partition coefficient (Wildman–Crippen LogP) is 1.46. The summed E-state index contributed by atoms with van der Waals surface area (Å²) in [7, 11) is 1.61. The largest absolute Gasteiger partial charge is 0.481 e. The Morgan fingerprint density at radius 2 is 2.24 bits per heavy atom. The summed E-state index contributed by atoms with van der Waals surface area (Å²) in [5.74, 6) is -0.376. The third-order valence-corrected chi connectivity index (χ3v) is 2.93. The molecule has 0 aromatic heterocycles. The lowest BCUT2D eigenvalue weighted by Gasteiger charge is -2.21. The molecule has 0 aromatic carbocycles. The molecule has 0 saturated heterocycles. The van der Waals surface area contributed by atoms with E-state index in [1.807, 2.05) is 0 Å². The number of amides is 2. The van der Waals surface area contributed by atoms with Crippen LogP contribution >= 0.6 is 0 Å². The number of carboxylic acids is 1. The molecular weight excluding hydrogens is 220 g/mol. The van der Waals surface area contributed by atoms with Gasteiger partial charge in [-0.3, -0.25) is 4.79 Å². The van der Waals surface area contributed by atoms with Crippen LogP contribution in [-0.4, -0.2) is 42.1 Å². The Morgan fingerprint density at radius 1 is 1.47 bits per heavy atom. The van der Waals surface area contributed by atoms with E-state index in [0.717, 1.165) is 19.3 Å². The Balaban J connectivity index is 2.19. The number of nitrogens with one attached hydrogen (secondary N) is 1. The first kappa shape index (κ1) is 13.5. The van der Waals surface area contributed by atoms with Crippen LogP contribution in [0.25, 0.3) is 0 Å². The van der Waals surface area contributed by atoms with Gasteiger partial charge in [-0.25, -0.2) is 4.79 Å². The molecule has 2 N–H and O–H groups in total. The molecule has 1 unspecified atom stereocenters. The normalized spacial score (nSPS) is 18.8. The zero-order chi connectivity index (χ0) is 12.7. The molecule has 0 aliphatic heterocycles. The van der Waals surface area contributed by atoms with Crippen molar-refractivity contribution in [2.75, 3.05) is 20.1 Å². The second-order valence-electron chi connectivity index (χ2n) is 4.40. The lowest BCUT2D eigenvalue weighted by atomic mass is 9.94. The van der Waals surface area contributed by atoms with Gasteiger partial charge in [0.1, 0.15) is 0 Å². The molecule has 17 heavy (non-hydrogen) atoms. The summed E-state index contributed by atoms with van der Waals surface area (Å²) in [6, 6.07) is -0.194. The van der Waals surface area contributed by atoms with Gasteiger partial charge < -0.3 is 15.3 Å².